The number of amides is 2. The third-order valence-electron chi connectivity index (χ3n) is 5.99. The van der Waals surface area contributed by atoms with Crippen LogP contribution in [-0.2, 0) is 9.53 Å². The van der Waals surface area contributed by atoms with Gasteiger partial charge >= 0.3 is 12.1 Å². The number of fused-ring (bicyclic) bond motifs is 3. The van der Waals surface area contributed by atoms with Crippen LogP contribution in [0.15, 0.2) is 72.8 Å². The monoisotopic (exact) mass is 458 g/mol. The smallest absolute Gasteiger partial charge is 0.411 e. The summed E-state index contributed by atoms with van der Waals surface area (Å²) in [6, 6.07) is 22.2. The van der Waals surface area contributed by atoms with Crippen LogP contribution in [-0.4, -0.2) is 35.7 Å². The lowest BCUT2D eigenvalue weighted by molar-refractivity contribution is -0.137. The Hall–Kier alpha value is -4.13. The molecule has 3 aromatic rings. The zero-order chi connectivity index (χ0) is 24.1. The molecule has 3 N–H and O–H groups in total. The van der Waals surface area contributed by atoms with Crippen LogP contribution >= 0.6 is 0 Å². The average Bonchev–Trinajstić information content (AvgIpc) is 3.16. The molecule has 0 heterocycles. The number of nitrogens with one attached hydrogen (secondary N) is 2. The van der Waals surface area contributed by atoms with Gasteiger partial charge in [-0.3, -0.25) is 14.9 Å². The number of aliphatic carboxylic acids is 1. The fraction of sp³-hybridized carbons (Fsp3) is 0.222. The van der Waals surface area contributed by atoms with E-state index < -0.39 is 18.1 Å². The van der Waals surface area contributed by atoms with Crippen molar-refractivity contribution in [2.45, 2.75) is 31.7 Å². The van der Waals surface area contributed by atoms with Gasteiger partial charge in [-0.05, 0) is 52.9 Å². The molecule has 4 rings (SSSR count). The molecule has 1 aliphatic carbocycles. The summed E-state index contributed by atoms with van der Waals surface area (Å²) < 4.78 is 5.54. The van der Waals surface area contributed by atoms with Gasteiger partial charge in [0.05, 0.1) is 6.42 Å². The van der Waals surface area contributed by atoms with Crippen LogP contribution in [0.4, 0.5) is 10.5 Å². The second kappa shape index (κ2) is 10.2. The lowest BCUT2D eigenvalue weighted by Crippen LogP contribution is -2.36. The number of rotatable bonds is 8. The highest BCUT2D eigenvalue weighted by Crippen LogP contribution is 2.44. The van der Waals surface area contributed by atoms with E-state index >= 15 is 0 Å². The Morgan fingerprint density at radius 1 is 0.912 bits per heavy atom. The van der Waals surface area contributed by atoms with Crippen LogP contribution in [0.5, 0.6) is 0 Å². The summed E-state index contributed by atoms with van der Waals surface area (Å²) in [6.07, 6.45) is -0.199. The molecule has 34 heavy (non-hydrogen) atoms. The van der Waals surface area contributed by atoms with Gasteiger partial charge < -0.3 is 15.2 Å². The highest BCUT2D eigenvalue weighted by atomic mass is 16.5. The van der Waals surface area contributed by atoms with Crippen molar-refractivity contribution in [3.63, 3.8) is 0 Å². The van der Waals surface area contributed by atoms with Gasteiger partial charge in [-0.2, -0.15) is 0 Å². The van der Waals surface area contributed by atoms with Gasteiger partial charge in [-0.1, -0.05) is 55.5 Å². The topological polar surface area (TPSA) is 105 Å². The molecule has 0 bridgehead atoms. The van der Waals surface area contributed by atoms with E-state index in [0.29, 0.717) is 17.7 Å². The molecule has 1 atom stereocenters. The largest absolute Gasteiger partial charge is 0.481 e. The van der Waals surface area contributed by atoms with Crippen molar-refractivity contribution in [2.75, 3.05) is 11.9 Å². The molecular weight excluding hydrogens is 432 g/mol. The number of carbonyl (C=O) groups excluding carboxylic acids is 2. The van der Waals surface area contributed by atoms with Crippen LogP contribution in [0, 0.1) is 0 Å². The normalized spacial score (nSPS) is 12.9. The Morgan fingerprint density at radius 3 is 2.06 bits per heavy atom. The van der Waals surface area contributed by atoms with Crippen LogP contribution < -0.4 is 10.6 Å². The summed E-state index contributed by atoms with van der Waals surface area (Å²) in [5.41, 5.74) is 5.47. The van der Waals surface area contributed by atoms with Crippen LogP contribution in [0.1, 0.15) is 47.2 Å². The van der Waals surface area contributed by atoms with Gasteiger partial charge in [-0.25, -0.2) is 4.79 Å². The van der Waals surface area contributed by atoms with Crippen molar-refractivity contribution in [1.82, 2.24) is 5.32 Å². The molecule has 0 saturated carbocycles. The first kappa shape index (κ1) is 23.0. The standard InChI is InChI=1S/C27H26N2O5/c1-2-18(15-25(30)31)28-26(32)17-11-13-19(14-12-17)29-27(33)34-16-24-22-9-5-3-7-20(22)21-8-4-6-10-23(21)24/h3-14,18,24H,2,15-16H2,1H3,(H,28,32)(H,29,33)(H,30,31). The van der Waals surface area contributed by atoms with Crippen molar-refractivity contribution >= 4 is 23.7 Å². The SMILES string of the molecule is CCC(CC(=O)O)NC(=O)c1ccc(NC(=O)OCC2c3ccccc3-c3ccccc32)cc1. The summed E-state index contributed by atoms with van der Waals surface area (Å²) in [5, 5.41) is 14.3. The number of carbonyl (C=O) groups is 3. The first-order valence-electron chi connectivity index (χ1n) is 11.2. The fourth-order valence-corrected chi connectivity index (χ4v) is 4.23. The zero-order valence-electron chi connectivity index (χ0n) is 18.8. The van der Waals surface area contributed by atoms with Crippen LogP contribution in [0.2, 0.25) is 0 Å². The highest BCUT2D eigenvalue weighted by molar-refractivity contribution is 5.95. The number of ether oxygens (including phenoxy) is 1. The molecule has 0 aliphatic heterocycles. The maximum absolute atomic E-state index is 12.4. The van der Waals surface area contributed by atoms with E-state index in [9.17, 15) is 14.4 Å². The molecular formula is C27H26N2O5. The van der Waals surface area contributed by atoms with E-state index in [0.717, 1.165) is 22.3 Å². The quantitative estimate of drug-likeness (QED) is 0.439. The van der Waals surface area contributed by atoms with Gasteiger partial charge in [0.1, 0.15) is 6.61 Å². The minimum absolute atomic E-state index is 0.0264. The molecule has 0 fully saturated rings. The van der Waals surface area contributed by atoms with Gasteiger partial charge in [0.25, 0.3) is 5.91 Å². The predicted octanol–water partition coefficient (Wildman–Crippen LogP) is 5.03. The average molecular weight is 459 g/mol. The van der Waals surface area contributed by atoms with Crippen molar-refractivity contribution < 1.29 is 24.2 Å². The van der Waals surface area contributed by atoms with Gasteiger partial charge in [0, 0.05) is 23.2 Å². The minimum atomic E-state index is -0.963. The molecule has 174 valence electrons. The van der Waals surface area contributed by atoms with E-state index in [2.05, 4.69) is 34.9 Å². The Balaban J connectivity index is 1.34. The lowest BCUT2D eigenvalue weighted by Gasteiger charge is -2.15. The van der Waals surface area contributed by atoms with E-state index in [4.69, 9.17) is 9.84 Å². The maximum Gasteiger partial charge on any atom is 0.411 e. The predicted molar refractivity (Wildman–Crippen MR) is 129 cm³/mol. The van der Waals surface area contributed by atoms with Gasteiger partial charge in [0.2, 0.25) is 0 Å². The number of carboxylic acids is 1. The minimum Gasteiger partial charge on any atom is -0.481 e. The number of anilines is 1. The summed E-state index contributed by atoms with van der Waals surface area (Å²) in [4.78, 5) is 35.7. The molecule has 1 aliphatic rings. The molecule has 7 heteroatoms. The molecule has 0 saturated heterocycles. The summed E-state index contributed by atoms with van der Waals surface area (Å²) in [5.74, 6) is -1.35. The number of hydrogen-bond acceptors (Lipinski definition) is 4. The third kappa shape index (κ3) is 5.09. The van der Waals surface area contributed by atoms with Crippen LogP contribution in [0.3, 0.4) is 0 Å². The molecule has 1 unspecified atom stereocenters. The van der Waals surface area contributed by atoms with E-state index in [1.54, 1.807) is 24.3 Å². The summed E-state index contributed by atoms with van der Waals surface area (Å²) in [6.45, 7) is 2.03. The molecule has 7 nitrogen and oxygen atoms in total. The molecule has 3 aromatic carbocycles. The Morgan fingerprint density at radius 2 is 1.50 bits per heavy atom. The van der Waals surface area contributed by atoms with Crippen LogP contribution in [0.25, 0.3) is 11.1 Å². The number of hydrogen-bond donors (Lipinski definition) is 3. The molecule has 0 spiro atoms. The van der Waals surface area contributed by atoms with Crippen molar-refractivity contribution in [1.29, 1.82) is 0 Å². The van der Waals surface area contributed by atoms with Gasteiger partial charge in [0.15, 0.2) is 0 Å². The van der Waals surface area contributed by atoms with Gasteiger partial charge in [-0.15, -0.1) is 0 Å². The molecule has 2 amide bonds. The second-order valence-electron chi connectivity index (χ2n) is 8.20. The lowest BCUT2D eigenvalue weighted by atomic mass is 9.98. The van der Waals surface area contributed by atoms with E-state index in [1.807, 2.05) is 31.2 Å². The Kier molecular flexibility index (Phi) is 6.92. The Labute approximate surface area is 197 Å². The van der Waals surface area contributed by atoms with Crippen molar-refractivity contribution in [2.24, 2.45) is 0 Å². The Bertz CT molecular complexity index is 1160. The second-order valence-corrected chi connectivity index (χ2v) is 8.20. The zero-order valence-corrected chi connectivity index (χ0v) is 18.8. The van der Waals surface area contributed by atoms with Crippen molar-refractivity contribution in [3.05, 3.63) is 89.5 Å². The van der Waals surface area contributed by atoms with E-state index in [1.165, 1.54) is 0 Å². The molecule has 0 radical (unpaired) electrons. The first-order valence-corrected chi connectivity index (χ1v) is 11.2. The molecule has 0 aromatic heterocycles. The first-order chi connectivity index (χ1) is 16.5. The van der Waals surface area contributed by atoms with Crippen molar-refractivity contribution in [3.8, 4) is 11.1 Å². The number of benzene rings is 3. The summed E-state index contributed by atoms with van der Waals surface area (Å²) >= 11 is 0. The maximum atomic E-state index is 12.4. The van der Waals surface area contributed by atoms with E-state index in [-0.39, 0.29) is 24.9 Å². The third-order valence-corrected chi connectivity index (χ3v) is 5.99. The number of carboxylic acid groups (broad SMARTS) is 1. The fourth-order valence-electron chi connectivity index (χ4n) is 4.23. The summed E-state index contributed by atoms with van der Waals surface area (Å²) in [7, 11) is 0. The highest BCUT2D eigenvalue weighted by Gasteiger charge is 2.29.